The molecular formula is C13H16N6. The fourth-order valence-electron chi connectivity index (χ4n) is 2.04. The predicted molar refractivity (Wildman–Crippen MR) is 71.7 cm³/mol. The topological polar surface area (TPSA) is 70.9 Å². The molecule has 0 fully saturated rings. The third kappa shape index (κ3) is 2.48. The molecule has 0 atom stereocenters. The summed E-state index contributed by atoms with van der Waals surface area (Å²) in [5.41, 5.74) is 3.20. The molecule has 0 bridgehead atoms. The number of pyridine rings is 1. The summed E-state index contributed by atoms with van der Waals surface area (Å²) in [5.74, 6) is 0.979. The van der Waals surface area contributed by atoms with E-state index < -0.39 is 0 Å². The van der Waals surface area contributed by atoms with Crippen LogP contribution in [0.5, 0.6) is 0 Å². The van der Waals surface area contributed by atoms with Gasteiger partial charge in [-0.25, -0.2) is 0 Å². The summed E-state index contributed by atoms with van der Waals surface area (Å²) in [4.78, 5) is 0. The van der Waals surface area contributed by atoms with Crippen molar-refractivity contribution in [1.82, 2.24) is 30.1 Å². The van der Waals surface area contributed by atoms with Crippen molar-refractivity contribution in [3.8, 4) is 0 Å². The van der Waals surface area contributed by atoms with Crippen molar-refractivity contribution < 1.29 is 0 Å². The van der Waals surface area contributed by atoms with Gasteiger partial charge in [0, 0.05) is 37.0 Å². The lowest BCUT2D eigenvalue weighted by atomic mass is 10.2. The van der Waals surface area contributed by atoms with E-state index in [1.165, 1.54) is 5.56 Å². The molecule has 0 unspecified atom stereocenters. The van der Waals surface area contributed by atoms with Gasteiger partial charge in [-0.2, -0.15) is 5.10 Å². The third-order valence-electron chi connectivity index (χ3n) is 3.16. The minimum absolute atomic E-state index is 0.819. The van der Waals surface area contributed by atoms with E-state index in [2.05, 4.69) is 25.7 Å². The van der Waals surface area contributed by atoms with Gasteiger partial charge in [0.1, 0.15) is 5.82 Å². The van der Waals surface area contributed by atoms with Gasteiger partial charge in [-0.05, 0) is 19.1 Å². The number of rotatable bonds is 5. The molecule has 0 saturated heterocycles. The molecule has 6 nitrogen and oxygen atoms in total. The summed E-state index contributed by atoms with van der Waals surface area (Å²) < 4.78 is 2.02. The second-order valence-corrected chi connectivity index (χ2v) is 4.49. The van der Waals surface area contributed by atoms with Crippen LogP contribution in [0.25, 0.3) is 5.65 Å². The normalized spacial score (nSPS) is 11.2. The smallest absolute Gasteiger partial charge is 0.160 e. The zero-order valence-corrected chi connectivity index (χ0v) is 10.8. The molecule has 0 radical (unpaired) electrons. The number of aryl methyl sites for hydroxylation is 1. The Morgan fingerprint density at radius 2 is 2.26 bits per heavy atom. The molecule has 3 rings (SSSR count). The highest BCUT2D eigenvalue weighted by atomic mass is 15.2. The van der Waals surface area contributed by atoms with E-state index in [0.717, 1.165) is 36.7 Å². The maximum absolute atomic E-state index is 4.20. The first-order chi connectivity index (χ1) is 9.34. The van der Waals surface area contributed by atoms with E-state index in [0.29, 0.717) is 0 Å². The molecule has 19 heavy (non-hydrogen) atoms. The van der Waals surface area contributed by atoms with Gasteiger partial charge in [0.15, 0.2) is 5.65 Å². The maximum Gasteiger partial charge on any atom is 0.160 e. The van der Waals surface area contributed by atoms with Crippen molar-refractivity contribution >= 4 is 5.65 Å². The lowest BCUT2D eigenvalue weighted by molar-refractivity contribution is 0.665. The Bertz CT molecular complexity index is 668. The first-order valence-corrected chi connectivity index (χ1v) is 6.33. The standard InChI is InChI=1S/C13H16N6/c1-10-11(9-15-16-10)8-14-6-5-13-18-17-12-4-2-3-7-19(12)13/h2-4,7,9,14H,5-6,8H2,1H3,(H,15,16). The second-order valence-electron chi connectivity index (χ2n) is 4.49. The average Bonchev–Trinajstić information content (AvgIpc) is 3.02. The van der Waals surface area contributed by atoms with E-state index in [-0.39, 0.29) is 0 Å². The number of aromatic nitrogens is 5. The number of hydrogen-bond acceptors (Lipinski definition) is 4. The van der Waals surface area contributed by atoms with Gasteiger partial charge in [0.2, 0.25) is 0 Å². The van der Waals surface area contributed by atoms with Crippen LogP contribution in [0.15, 0.2) is 30.6 Å². The van der Waals surface area contributed by atoms with Gasteiger partial charge >= 0.3 is 0 Å². The highest BCUT2D eigenvalue weighted by Gasteiger charge is 2.04. The SMILES string of the molecule is Cc1[nH]ncc1CNCCc1nnc2ccccn12. The fraction of sp³-hybridized carbons (Fsp3) is 0.308. The molecule has 3 aromatic rings. The first-order valence-electron chi connectivity index (χ1n) is 6.33. The largest absolute Gasteiger partial charge is 0.312 e. The summed E-state index contributed by atoms with van der Waals surface area (Å²) in [7, 11) is 0. The van der Waals surface area contributed by atoms with Crippen LogP contribution in [0.4, 0.5) is 0 Å². The Labute approximate surface area is 110 Å². The number of H-pyrrole nitrogens is 1. The summed E-state index contributed by atoms with van der Waals surface area (Å²) in [6, 6.07) is 5.91. The van der Waals surface area contributed by atoms with Crippen LogP contribution < -0.4 is 5.32 Å². The van der Waals surface area contributed by atoms with Gasteiger partial charge in [-0.1, -0.05) is 6.07 Å². The lowest BCUT2D eigenvalue weighted by Gasteiger charge is -2.03. The zero-order chi connectivity index (χ0) is 13.1. The summed E-state index contributed by atoms with van der Waals surface area (Å²) in [6.45, 7) is 3.70. The van der Waals surface area contributed by atoms with Gasteiger partial charge in [0.05, 0.1) is 6.20 Å². The number of hydrogen-bond donors (Lipinski definition) is 2. The lowest BCUT2D eigenvalue weighted by Crippen LogP contribution is -2.18. The molecule has 0 spiro atoms. The predicted octanol–water partition coefficient (Wildman–Crippen LogP) is 1.09. The quantitative estimate of drug-likeness (QED) is 0.670. The molecule has 0 saturated carbocycles. The van der Waals surface area contributed by atoms with Crippen LogP contribution >= 0.6 is 0 Å². The monoisotopic (exact) mass is 256 g/mol. The fourth-order valence-corrected chi connectivity index (χ4v) is 2.04. The van der Waals surface area contributed by atoms with Crippen molar-refractivity contribution in [3.05, 3.63) is 47.7 Å². The van der Waals surface area contributed by atoms with Crippen LogP contribution in [0.3, 0.4) is 0 Å². The molecule has 2 N–H and O–H groups in total. The van der Waals surface area contributed by atoms with Crippen molar-refractivity contribution in [1.29, 1.82) is 0 Å². The van der Waals surface area contributed by atoms with E-state index in [4.69, 9.17) is 0 Å². The molecule has 6 heteroatoms. The van der Waals surface area contributed by atoms with Crippen molar-refractivity contribution in [3.63, 3.8) is 0 Å². The Morgan fingerprint density at radius 1 is 1.32 bits per heavy atom. The second kappa shape index (κ2) is 5.19. The Hall–Kier alpha value is -2.21. The molecule has 0 aliphatic rings. The van der Waals surface area contributed by atoms with Gasteiger partial charge in [0.25, 0.3) is 0 Å². The number of fused-ring (bicyclic) bond motifs is 1. The van der Waals surface area contributed by atoms with Gasteiger partial charge < -0.3 is 5.32 Å². The molecule has 0 aliphatic carbocycles. The highest BCUT2D eigenvalue weighted by molar-refractivity contribution is 5.37. The van der Waals surface area contributed by atoms with Crippen LogP contribution in [0, 0.1) is 6.92 Å². The number of nitrogens with zero attached hydrogens (tertiary/aromatic N) is 4. The van der Waals surface area contributed by atoms with E-state index >= 15 is 0 Å². The van der Waals surface area contributed by atoms with Crippen molar-refractivity contribution in [2.45, 2.75) is 19.9 Å². The molecule has 0 aromatic carbocycles. The summed E-state index contributed by atoms with van der Waals surface area (Å²) in [5, 5.41) is 18.7. The first kappa shape index (κ1) is 11.9. The Balaban J connectivity index is 1.57. The number of aromatic amines is 1. The molecule has 98 valence electrons. The summed E-state index contributed by atoms with van der Waals surface area (Å²) in [6.07, 6.45) is 4.70. The minimum Gasteiger partial charge on any atom is -0.312 e. The molecular weight excluding hydrogens is 240 g/mol. The maximum atomic E-state index is 4.20. The van der Waals surface area contributed by atoms with E-state index in [9.17, 15) is 0 Å². The van der Waals surface area contributed by atoms with Gasteiger partial charge in [-0.15, -0.1) is 10.2 Å². The van der Waals surface area contributed by atoms with Crippen LogP contribution in [0.1, 0.15) is 17.1 Å². The average molecular weight is 256 g/mol. The van der Waals surface area contributed by atoms with Gasteiger partial charge in [-0.3, -0.25) is 9.50 Å². The Kier molecular flexibility index (Phi) is 3.24. The van der Waals surface area contributed by atoms with Crippen LogP contribution in [0.2, 0.25) is 0 Å². The zero-order valence-electron chi connectivity index (χ0n) is 10.8. The van der Waals surface area contributed by atoms with E-state index in [1.807, 2.05) is 41.9 Å². The highest BCUT2D eigenvalue weighted by Crippen LogP contribution is 2.04. The van der Waals surface area contributed by atoms with Crippen LogP contribution in [-0.4, -0.2) is 31.3 Å². The molecule has 3 heterocycles. The third-order valence-corrected chi connectivity index (χ3v) is 3.16. The summed E-state index contributed by atoms with van der Waals surface area (Å²) >= 11 is 0. The Morgan fingerprint density at radius 3 is 3.11 bits per heavy atom. The van der Waals surface area contributed by atoms with E-state index in [1.54, 1.807) is 0 Å². The minimum atomic E-state index is 0.819. The molecule has 0 amide bonds. The molecule has 3 aromatic heterocycles. The molecule has 0 aliphatic heterocycles. The van der Waals surface area contributed by atoms with Crippen molar-refractivity contribution in [2.24, 2.45) is 0 Å². The number of nitrogens with one attached hydrogen (secondary N) is 2. The van der Waals surface area contributed by atoms with Crippen molar-refractivity contribution in [2.75, 3.05) is 6.54 Å². The van der Waals surface area contributed by atoms with Crippen LogP contribution in [-0.2, 0) is 13.0 Å².